The Morgan fingerprint density at radius 2 is 1.81 bits per heavy atom. The van der Waals surface area contributed by atoms with Crippen molar-refractivity contribution in [2.45, 2.75) is 31.1 Å². The zero-order chi connectivity index (χ0) is 11.9. The van der Waals surface area contributed by atoms with Crippen LogP contribution in [-0.4, -0.2) is 25.5 Å². The van der Waals surface area contributed by atoms with Gasteiger partial charge in [0.25, 0.3) is 0 Å². The molecule has 0 bridgehead atoms. The third-order valence-electron chi connectivity index (χ3n) is 3.29. The van der Waals surface area contributed by atoms with E-state index in [1.807, 2.05) is 31.2 Å². The Balaban J connectivity index is 2.24. The number of aryl methyl sites for hydroxylation is 1. The number of sulfone groups is 1. The second-order valence-electron chi connectivity index (χ2n) is 4.43. The van der Waals surface area contributed by atoms with Crippen LogP contribution in [0.2, 0.25) is 0 Å². The number of hydrogen-bond donors (Lipinski definition) is 1. The van der Waals surface area contributed by atoms with Crippen molar-refractivity contribution in [1.82, 2.24) is 0 Å². The first-order valence-electron chi connectivity index (χ1n) is 5.51. The fourth-order valence-corrected chi connectivity index (χ4v) is 3.89. The van der Waals surface area contributed by atoms with E-state index >= 15 is 0 Å². The summed E-state index contributed by atoms with van der Waals surface area (Å²) in [6, 6.07) is 7.72. The normalized spacial score (nSPS) is 29.1. The molecule has 3 nitrogen and oxygen atoms in total. The summed E-state index contributed by atoms with van der Waals surface area (Å²) in [6.45, 7) is 3.68. The van der Waals surface area contributed by atoms with Gasteiger partial charge in [-0.25, -0.2) is 8.42 Å². The standard InChI is InChI=1S/C12H17NO2S/c1-3-16(14,15)12-10(11(12)13)9-6-4-8(2)5-7-9/h4-7,10-12H,3,13H2,1-2H3/t10-,11+,12+/m1/s1. The van der Waals surface area contributed by atoms with Crippen LogP contribution in [0.15, 0.2) is 24.3 Å². The van der Waals surface area contributed by atoms with Crippen LogP contribution in [-0.2, 0) is 9.84 Å². The average Bonchev–Trinajstić information content (AvgIpc) is 2.92. The van der Waals surface area contributed by atoms with Crippen LogP contribution in [0.3, 0.4) is 0 Å². The maximum absolute atomic E-state index is 11.7. The lowest BCUT2D eigenvalue weighted by Crippen LogP contribution is -2.17. The van der Waals surface area contributed by atoms with E-state index < -0.39 is 9.84 Å². The van der Waals surface area contributed by atoms with E-state index in [1.54, 1.807) is 6.92 Å². The molecule has 0 unspecified atom stereocenters. The Morgan fingerprint density at radius 1 is 1.25 bits per heavy atom. The van der Waals surface area contributed by atoms with Crippen LogP contribution in [0.1, 0.15) is 24.0 Å². The maximum Gasteiger partial charge on any atom is 0.155 e. The van der Waals surface area contributed by atoms with Crippen molar-refractivity contribution in [3.8, 4) is 0 Å². The molecule has 0 aromatic heterocycles. The largest absolute Gasteiger partial charge is 0.326 e. The monoisotopic (exact) mass is 239 g/mol. The fraction of sp³-hybridized carbons (Fsp3) is 0.500. The molecule has 0 heterocycles. The molecule has 4 heteroatoms. The van der Waals surface area contributed by atoms with E-state index in [4.69, 9.17) is 5.73 Å². The molecule has 0 aliphatic heterocycles. The Labute approximate surface area is 96.6 Å². The number of benzene rings is 1. The first kappa shape index (κ1) is 11.6. The SMILES string of the molecule is CCS(=O)(=O)[C@@H]1[C@@H](N)[C@H]1c1ccc(C)cc1. The molecule has 1 aromatic carbocycles. The summed E-state index contributed by atoms with van der Waals surface area (Å²) in [6.07, 6.45) is 0. The molecule has 2 rings (SSSR count). The van der Waals surface area contributed by atoms with E-state index in [1.165, 1.54) is 5.56 Å². The van der Waals surface area contributed by atoms with E-state index in [0.717, 1.165) is 5.56 Å². The lowest BCUT2D eigenvalue weighted by Gasteiger charge is -2.01. The molecule has 3 atom stereocenters. The molecule has 88 valence electrons. The van der Waals surface area contributed by atoms with Crippen LogP contribution < -0.4 is 5.73 Å². The van der Waals surface area contributed by atoms with Crippen LogP contribution in [0.5, 0.6) is 0 Å². The highest BCUT2D eigenvalue weighted by molar-refractivity contribution is 7.92. The van der Waals surface area contributed by atoms with Gasteiger partial charge < -0.3 is 5.73 Å². The number of hydrogen-bond acceptors (Lipinski definition) is 3. The van der Waals surface area contributed by atoms with Crippen LogP contribution >= 0.6 is 0 Å². The van der Waals surface area contributed by atoms with Gasteiger partial charge in [0.05, 0.1) is 5.25 Å². The highest BCUT2D eigenvalue weighted by Crippen LogP contribution is 2.45. The van der Waals surface area contributed by atoms with Gasteiger partial charge >= 0.3 is 0 Å². The molecule has 1 fully saturated rings. The summed E-state index contributed by atoms with van der Waals surface area (Å²) >= 11 is 0. The number of rotatable bonds is 3. The van der Waals surface area contributed by atoms with Gasteiger partial charge in [-0.3, -0.25) is 0 Å². The molecule has 1 aliphatic carbocycles. The summed E-state index contributed by atoms with van der Waals surface area (Å²) in [5.74, 6) is 0.166. The van der Waals surface area contributed by atoms with Gasteiger partial charge in [0, 0.05) is 17.7 Å². The Hall–Kier alpha value is -0.870. The van der Waals surface area contributed by atoms with Gasteiger partial charge in [0.15, 0.2) is 9.84 Å². The van der Waals surface area contributed by atoms with Crippen molar-refractivity contribution in [3.63, 3.8) is 0 Å². The predicted molar refractivity (Wildman–Crippen MR) is 65.1 cm³/mol. The van der Waals surface area contributed by atoms with Gasteiger partial charge in [-0.15, -0.1) is 0 Å². The molecule has 0 amide bonds. The maximum atomic E-state index is 11.7. The van der Waals surface area contributed by atoms with Crippen molar-refractivity contribution in [2.24, 2.45) is 5.73 Å². The molecule has 0 radical (unpaired) electrons. The molecule has 0 saturated heterocycles. The quantitative estimate of drug-likeness (QED) is 0.863. The third-order valence-corrected chi connectivity index (χ3v) is 5.53. The predicted octanol–water partition coefficient (Wildman–Crippen LogP) is 1.22. The van der Waals surface area contributed by atoms with Gasteiger partial charge in [0.1, 0.15) is 0 Å². The molecule has 2 N–H and O–H groups in total. The zero-order valence-electron chi connectivity index (χ0n) is 9.55. The molecule has 1 aromatic rings. The average molecular weight is 239 g/mol. The van der Waals surface area contributed by atoms with Crippen LogP contribution in [0.25, 0.3) is 0 Å². The molecule has 1 saturated carbocycles. The minimum absolute atomic E-state index is 0.00875. The van der Waals surface area contributed by atoms with Gasteiger partial charge in [0.2, 0.25) is 0 Å². The smallest absolute Gasteiger partial charge is 0.155 e. The molecule has 16 heavy (non-hydrogen) atoms. The topological polar surface area (TPSA) is 60.2 Å². The van der Waals surface area contributed by atoms with Crippen molar-refractivity contribution >= 4 is 9.84 Å². The van der Waals surface area contributed by atoms with E-state index in [2.05, 4.69) is 0 Å². The zero-order valence-corrected chi connectivity index (χ0v) is 10.4. The highest BCUT2D eigenvalue weighted by atomic mass is 32.2. The van der Waals surface area contributed by atoms with E-state index in [0.29, 0.717) is 0 Å². The first-order valence-corrected chi connectivity index (χ1v) is 7.22. The second kappa shape index (κ2) is 3.86. The molecular weight excluding hydrogens is 222 g/mol. The first-order chi connectivity index (χ1) is 7.47. The Kier molecular flexibility index (Phi) is 2.80. The highest BCUT2D eigenvalue weighted by Gasteiger charge is 2.55. The van der Waals surface area contributed by atoms with Gasteiger partial charge in [-0.2, -0.15) is 0 Å². The summed E-state index contributed by atoms with van der Waals surface area (Å²) in [7, 11) is -3.01. The van der Waals surface area contributed by atoms with Crippen LogP contribution in [0, 0.1) is 6.92 Å². The van der Waals surface area contributed by atoms with E-state index in [-0.39, 0.29) is 23.0 Å². The molecule has 1 aliphatic rings. The Morgan fingerprint density at radius 3 is 2.31 bits per heavy atom. The second-order valence-corrected chi connectivity index (χ2v) is 6.88. The van der Waals surface area contributed by atoms with Crippen molar-refractivity contribution in [3.05, 3.63) is 35.4 Å². The minimum Gasteiger partial charge on any atom is -0.326 e. The fourth-order valence-electron chi connectivity index (χ4n) is 2.16. The third kappa shape index (κ3) is 1.87. The lowest BCUT2D eigenvalue weighted by atomic mass is 10.1. The summed E-state index contributed by atoms with van der Waals surface area (Å²) in [5, 5.41) is -0.375. The lowest BCUT2D eigenvalue weighted by molar-refractivity contribution is 0.594. The van der Waals surface area contributed by atoms with Gasteiger partial charge in [-0.1, -0.05) is 36.8 Å². The summed E-state index contributed by atoms with van der Waals surface area (Å²) < 4.78 is 23.5. The van der Waals surface area contributed by atoms with Gasteiger partial charge in [-0.05, 0) is 12.5 Å². The van der Waals surface area contributed by atoms with E-state index in [9.17, 15) is 8.42 Å². The minimum atomic E-state index is -3.01. The molecular formula is C12H17NO2S. The summed E-state index contributed by atoms with van der Waals surface area (Å²) in [5.41, 5.74) is 8.08. The summed E-state index contributed by atoms with van der Waals surface area (Å²) in [4.78, 5) is 0. The number of nitrogens with two attached hydrogens (primary N) is 1. The Bertz CT molecular complexity index is 478. The molecule has 0 spiro atoms. The van der Waals surface area contributed by atoms with Crippen molar-refractivity contribution in [1.29, 1.82) is 0 Å². The van der Waals surface area contributed by atoms with Crippen LogP contribution in [0.4, 0.5) is 0 Å². The van der Waals surface area contributed by atoms with Crippen molar-refractivity contribution in [2.75, 3.05) is 5.75 Å². The van der Waals surface area contributed by atoms with Crippen molar-refractivity contribution < 1.29 is 8.42 Å².